The Kier molecular flexibility index (Phi) is 13.3. The second-order valence-electron chi connectivity index (χ2n) is 11.8. The monoisotopic (exact) mass is 719 g/mol. The van der Waals surface area contributed by atoms with Crippen LogP contribution in [0, 0.1) is 5.82 Å². The van der Waals surface area contributed by atoms with E-state index >= 15 is 0 Å². The maximum Gasteiger partial charge on any atom is 0.301 e. The summed E-state index contributed by atoms with van der Waals surface area (Å²) in [5.74, 6) is -0.485. The summed E-state index contributed by atoms with van der Waals surface area (Å²) in [6.45, 7) is 5.34. The zero-order valence-electron chi connectivity index (χ0n) is 28.5. The number of amides is 1. The van der Waals surface area contributed by atoms with Crippen molar-refractivity contribution in [2.45, 2.75) is 74.9 Å². The molecule has 1 aliphatic rings. The Labute approximate surface area is 300 Å². The van der Waals surface area contributed by atoms with Crippen LogP contribution in [0.2, 0.25) is 0 Å². The maximum atomic E-state index is 14.3. The zero-order valence-corrected chi connectivity index (χ0v) is 30.2. The van der Waals surface area contributed by atoms with E-state index in [2.05, 4.69) is 24.0 Å². The third-order valence-electron chi connectivity index (χ3n) is 8.26. The normalized spacial score (nSPS) is 15.4. The number of aromatic nitrogens is 2. The molecule has 0 bridgehead atoms. The van der Waals surface area contributed by atoms with Gasteiger partial charge in [0.1, 0.15) is 17.3 Å². The number of carbonyl (C=O) groups is 2. The molecule has 0 spiro atoms. The fourth-order valence-electron chi connectivity index (χ4n) is 5.52. The number of benzene rings is 3. The quantitative estimate of drug-likeness (QED) is 0.0269. The van der Waals surface area contributed by atoms with Crippen LogP contribution < -0.4 is 19.1 Å². The first-order valence-corrected chi connectivity index (χ1v) is 18.7. The van der Waals surface area contributed by atoms with E-state index in [1.165, 1.54) is 36.3 Å². The van der Waals surface area contributed by atoms with Gasteiger partial charge in [0, 0.05) is 11.3 Å². The summed E-state index contributed by atoms with van der Waals surface area (Å²) in [6, 6.07) is 17.4. The fourth-order valence-corrected chi connectivity index (χ4v) is 7.37. The number of rotatable bonds is 18. The summed E-state index contributed by atoms with van der Waals surface area (Å²) >= 11 is 2.38. The molecule has 5 rings (SSSR count). The van der Waals surface area contributed by atoms with Crippen molar-refractivity contribution in [1.82, 2.24) is 10.2 Å². The van der Waals surface area contributed by atoms with Gasteiger partial charge < -0.3 is 19.3 Å². The van der Waals surface area contributed by atoms with Gasteiger partial charge in [0.15, 0.2) is 15.8 Å². The van der Waals surface area contributed by atoms with E-state index in [0.29, 0.717) is 57.2 Å². The molecule has 1 saturated heterocycles. The first kappa shape index (κ1) is 36.9. The molecular weight excluding hydrogens is 678 g/mol. The maximum absolute atomic E-state index is 14.3. The largest absolute Gasteiger partial charge is 0.507 e. The Balaban J connectivity index is 1.48. The zero-order chi connectivity index (χ0) is 35.5. The highest BCUT2D eigenvalue weighted by Crippen LogP contribution is 2.46. The molecule has 1 N–H and O–H groups in total. The van der Waals surface area contributed by atoms with Gasteiger partial charge in [-0.1, -0.05) is 93.3 Å². The van der Waals surface area contributed by atoms with Crippen molar-refractivity contribution in [3.63, 3.8) is 0 Å². The Morgan fingerprint density at radius 2 is 1.64 bits per heavy atom. The molecular formula is C38H42FN3O6S2. The molecule has 0 aliphatic carbocycles. The highest BCUT2D eigenvalue weighted by Gasteiger charge is 2.48. The number of thioether (sulfide) groups is 1. The van der Waals surface area contributed by atoms with Crippen molar-refractivity contribution in [3.05, 3.63) is 94.8 Å². The number of hydrogen-bond acceptors (Lipinski definition) is 10. The van der Waals surface area contributed by atoms with E-state index in [9.17, 15) is 19.1 Å². The van der Waals surface area contributed by atoms with E-state index in [0.717, 1.165) is 49.9 Å². The van der Waals surface area contributed by atoms with Crippen molar-refractivity contribution < 1.29 is 33.3 Å². The van der Waals surface area contributed by atoms with Crippen molar-refractivity contribution in [1.29, 1.82) is 0 Å². The topological polar surface area (TPSA) is 111 Å². The number of halogens is 1. The van der Waals surface area contributed by atoms with Gasteiger partial charge in [0.2, 0.25) is 5.13 Å². The molecule has 4 aromatic rings. The van der Waals surface area contributed by atoms with E-state index < -0.39 is 17.7 Å². The van der Waals surface area contributed by atoms with E-state index in [1.54, 1.807) is 60.7 Å². The molecule has 1 aromatic heterocycles. The summed E-state index contributed by atoms with van der Waals surface area (Å²) in [7, 11) is 1.53. The molecule has 50 heavy (non-hydrogen) atoms. The Morgan fingerprint density at radius 3 is 2.38 bits per heavy atom. The summed E-state index contributed by atoms with van der Waals surface area (Å²) in [6.07, 6.45) is 7.38. The fraction of sp³-hybridized carbons (Fsp3) is 0.368. The Morgan fingerprint density at radius 1 is 0.900 bits per heavy atom. The smallest absolute Gasteiger partial charge is 0.301 e. The molecule has 0 radical (unpaired) electrons. The Hall–Kier alpha value is -4.42. The standard InChI is InChI=1S/C38H42FN3O6S2/c1-4-6-8-9-12-22-48-30-20-17-26(23-31(30)46-3)33-32(34(43)25-15-18-28(19-16-25)47-21-7-5-2)35(44)36(45)42(33)37-40-41-38(50-37)49-24-27-13-10-11-14-29(27)39/h10-11,13-20,23,33,43H,4-9,12,21-22,24H2,1-3H3/t33-/m1/s1. The number of nitrogens with zero attached hydrogens (tertiary/aromatic N) is 3. The second kappa shape index (κ2) is 18.0. The van der Waals surface area contributed by atoms with Gasteiger partial charge in [0.05, 0.1) is 31.9 Å². The lowest BCUT2D eigenvalue weighted by Crippen LogP contribution is -2.29. The summed E-state index contributed by atoms with van der Waals surface area (Å²) in [5.41, 5.74) is 1.27. The number of aliphatic hydroxyl groups is 1. The first-order chi connectivity index (χ1) is 24.4. The van der Waals surface area contributed by atoms with Crippen LogP contribution in [0.3, 0.4) is 0 Å². The predicted octanol–water partition coefficient (Wildman–Crippen LogP) is 9.13. The van der Waals surface area contributed by atoms with Crippen LogP contribution in [0.25, 0.3) is 5.76 Å². The van der Waals surface area contributed by atoms with E-state index in [4.69, 9.17) is 14.2 Å². The van der Waals surface area contributed by atoms with Gasteiger partial charge in [-0.15, -0.1) is 10.2 Å². The van der Waals surface area contributed by atoms with Crippen LogP contribution in [-0.4, -0.2) is 47.3 Å². The molecule has 0 saturated carbocycles. The van der Waals surface area contributed by atoms with Crippen LogP contribution >= 0.6 is 23.1 Å². The van der Waals surface area contributed by atoms with Gasteiger partial charge in [-0.3, -0.25) is 14.5 Å². The number of ether oxygens (including phenoxy) is 3. The number of methoxy groups -OCH3 is 1. The number of ketones is 1. The lowest BCUT2D eigenvalue weighted by Gasteiger charge is -2.23. The van der Waals surface area contributed by atoms with Gasteiger partial charge in [-0.25, -0.2) is 4.39 Å². The molecule has 2 heterocycles. The lowest BCUT2D eigenvalue weighted by atomic mass is 9.95. The summed E-state index contributed by atoms with van der Waals surface area (Å²) in [4.78, 5) is 28.8. The highest BCUT2D eigenvalue weighted by atomic mass is 32.2. The van der Waals surface area contributed by atoms with Crippen LogP contribution in [0.1, 0.15) is 81.5 Å². The summed E-state index contributed by atoms with van der Waals surface area (Å²) < 4.78 is 32.3. The summed E-state index contributed by atoms with van der Waals surface area (Å²) in [5, 5.41) is 20.3. The third kappa shape index (κ3) is 8.83. The highest BCUT2D eigenvalue weighted by molar-refractivity contribution is 8.00. The van der Waals surface area contributed by atoms with E-state index in [-0.39, 0.29) is 22.3 Å². The number of anilines is 1. The molecule has 3 aromatic carbocycles. The van der Waals surface area contributed by atoms with Crippen LogP contribution in [0.4, 0.5) is 9.52 Å². The van der Waals surface area contributed by atoms with Gasteiger partial charge in [-0.2, -0.15) is 0 Å². The van der Waals surface area contributed by atoms with Crippen molar-refractivity contribution in [2.75, 3.05) is 25.2 Å². The molecule has 1 atom stereocenters. The average molecular weight is 720 g/mol. The molecule has 9 nitrogen and oxygen atoms in total. The SMILES string of the molecule is CCCCCCCOc1ccc([C@@H]2C(=C(O)c3ccc(OCCCC)cc3)C(=O)C(=O)N2c2nnc(SCc3ccccc3F)s2)cc1OC. The third-order valence-corrected chi connectivity index (χ3v) is 10.4. The lowest BCUT2D eigenvalue weighted by molar-refractivity contribution is -0.132. The van der Waals surface area contributed by atoms with Gasteiger partial charge in [-0.05, 0) is 66.4 Å². The minimum absolute atomic E-state index is 0.0999. The molecule has 264 valence electrons. The van der Waals surface area contributed by atoms with Crippen molar-refractivity contribution in [2.24, 2.45) is 0 Å². The van der Waals surface area contributed by atoms with Crippen LogP contribution in [0.15, 0.2) is 76.6 Å². The first-order valence-electron chi connectivity index (χ1n) is 16.9. The Bertz CT molecular complexity index is 1800. The number of carbonyl (C=O) groups excluding carboxylic acids is 2. The minimum Gasteiger partial charge on any atom is -0.507 e. The molecule has 1 amide bonds. The number of unbranched alkanes of at least 4 members (excludes halogenated alkanes) is 5. The number of hydrogen-bond donors (Lipinski definition) is 1. The van der Waals surface area contributed by atoms with Crippen LogP contribution in [-0.2, 0) is 15.3 Å². The molecule has 12 heteroatoms. The van der Waals surface area contributed by atoms with Gasteiger partial charge >= 0.3 is 5.91 Å². The second-order valence-corrected chi connectivity index (χ2v) is 14.0. The number of Topliss-reactive ketones (excluding diaryl/α,β-unsaturated/α-hetero) is 1. The van der Waals surface area contributed by atoms with E-state index in [1.807, 2.05) is 0 Å². The molecule has 0 unspecified atom stereocenters. The van der Waals surface area contributed by atoms with Gasteiger partial charge in [0.25, 0.3) is 5.78 Å². The average Bonchev–Trinajstić information content (AvgIpc) is 3.70. The number of aliphatic hydroxyl groups excluding tert-OH is 1. The van der Waals surface area contributed by atoms with Crippen LogP contribution in [0.5, 0.6) is 17.2 Å². The minimum atomic E-state index is -1.05. The van der Waals surface area contributed by atoms with Crippen molar-refractivity contribution >= 4 is 45.7 Å². The van der Waals surface area contributed by atoms with Crippen molar-refractivity contribution in [3.8, 4) is 17.2 Å². The molecule has 1 fully saturated rings. The predicted molar refractivity (Wildman–Crippen MR) is 195 cm³/mol. The molecule has 1 aliphatic heterocycles.